The molecule has 1 fully saturated rings. The van der Waals surface area contributed by atoms with E-state index in [1.165, 1.54) is 0 Å². The molecule has 1 amide bonds. The highest BCUT2D eigenvalue weighted by molar-refractivity contribution is 5.82. The van der Waals surface area contributed by atoms with Crippen LogP contribution in [0.5, 0.6) is 0 Å². The topological polar surface area (TPSA) is 61.4 Å². The van der Waals surface area contributed by atoms with Crippen molar-refractivity contribution in [2.75, 3.05) is 13.2 Å². The molecule has 0 aliphatic carbocycles. The summed E-state index contributed by atoms with van der Waals surface area (Å²) in [5, 5.41) is 15.2. The molecule has 3 N–H and O–H groups in total. The van der Waals surface area contributed by atoms with Gasteiger partial charge in [0, 0.05) is 12.6 Å². The van der Waals surface area contributed by atoms with Crippen LogP contribution in [0.25, 0.3) is 0 Å². The Balaban J connectivity index is 2.50. The van der Waals surface area contributed by atoms with E-state index in [2.05, 4.69) is 31.4 Å². The van der Waals surface area contributed by atoms with Gasteiger partial charge in [0.1, 0.15) is 0 Å². The first kappa shape index (κ1) is 13.5. The maximum Gasteiger partial charge on any atom is 0.237 e. The molecule has 1 aliphatic rings. The van der Waals surface area contributed by atoms with Crippen LogP contribution in [-0.4, -0.2) is 36.2 Å². The first-order valence-electron chi connectivity index (χ1n) is 6.10. The van der Waals surface area contributed by atoms with Crippen molar-refractivity contribution in [2.45, 2.75) is 52.1 Å². The van der Waals surface area contributed by atoms with Crippen molar-refractivity contribution < 1.29 is 9.90 Å². The molecule has 1 heterocycles. The van der Waals surface area contributed by atoms with Gasteiger partial charge in [-0.25, -0.2) is 0 Å². The summed E-state index contributed by atoms with van der Waals surface area (Å²) in [7, 11) is 0. The van der Waals surface area contributed by atoms with Crippen LogP contribution in [0.4, 0.5) is 0 Å². The number of nitrogens with one attached hydrogen (secondary N) is 2. The lowest BCUT2D eigenvalue weighted by Gasteiger charge is -2.32. The SMILES string of the molecule is CC(C)(C)C(CCO)NC(=O)C1CCCN1. The third-order valence-corrected chi connectivity index (χ3v) is 3.16. The standard InChI is InChI=1S/C12H24N2O2/c1-12(2,3)10(6-8-15)14-11(16)9-5-4-7-13-9/h9-10,13,15H,4-8H2,1-3H3,(H,14,16). The largest absolute Gasteiger partial charge is 0.396 e. The quantitative estimate of drug-likeness (QED) is 0.662. The number of rotatable bonds is 4. The number of hydrogen-bond acceptors (Lipinski definition) is 3. The number of hydrogen-bond donors (Lipinski definition) is 3. The minimum absolute atomic E-state index is 0.0169. The molecule has 0 bridgehead atoms. The van der Waals surface area contributed by atoms with Crippen molar-refractivity contribution >= 4 is 5.91 Å². The summed E-state index contributed by atoms with van der Waals surface area (Å²) in [4.78, 5) is 11.9. The second-order valence-electron chi connectivity index (χ2n) is 5.59. The molecule has 16 heavy (non-hydrogen) atoms. The van der Waals surface area contributed by atoms with Gasteiger partial charge in [-0.05, 0) is 31.2 Å². The van der Waals surface area contributed by atoms with E-state index in [1.54, 1.807) is 0 Å². The van der Waals surface area contributed by atoms with Gasteiger partial charge in [0.05, 0.1) is 6.04 Å². The van der Waals surface area contributed by atoms with E-state index in [4.69, 9.17) is 5.11 Å². The predicted octanol–water partition coefficient (Wildman–Crippen LogP) is 0.652. The minimum atomic E-state index is -0.0384. The van der Waals surface area contributed by atoms with Crippen molar-refractivity contribution in [3.63, 3.8) is 0 Å². The number of carbonyl (C=O) groups is 1. The zero-order valence-electron chi connectivity index (χ0n) is 10.5. The van der Waals surface area contributed by atoms with Crippen LogP contribution in [0.3, 0.4) is 0 Å². The Morgan fingerprint density at radius 3 is 2.69 bits per heavy atom. The zero-order chi connectivity index (χ0) is 12.2. The first-order valence-corrected chi connectivity index (χ1v) is 6.10. The molecule has 2 atom stereocenters. The van der Waals surface area contributed by atoms with Gasteiger partial charge in [-0.2, -0.15) is 0 Å². The number of aliphatic hydroxyl groups excluding tert-OH is 1. The normalized spacial score (nSPS) is 23.1. The van der Waals surface area contributed by atoms with E-state index in [1.807, 2.05) is 0 Å². The Labute approximate surface area is 97.8 Å². The van der Waals surface area contributed by atoms with E-state index < -0.39 is 0 Å². The molecule has 0 aromatic heterocycles. The Kier molecular flexibility index (Phi) is 4.74. The lowest BCUT2D eigenvalue weighted by atomic mass is 9.84. The van der Waals surface area contributed by atoms with Gasteiger partial charge in [0.15, 0.2) is 0 Å². The summed E-state index contributed by atoms with van der Waals surface area (Å²) in [5.74, 6) is 0.0749. The lowest BCUT2D eigenvalue weighted by Crippen LogP contribution is -2.50. The average molecular weight is 228 g/mol. The van der Waals surface area contributed by atoms with Gasteiger partial charge in [0.2, 0.25) is 5.91 Å². The fraction of sp³-hybridized carbons (Fsp3) is 0.917. The molecule has 1 rings (SSSR count). The van der Waals surface area contributed by atoms with Gasteiger partial charge < -0.3 is 15.7 Å². The third-order valence-electron chi connectivity index (χ3n) is 3.16. The van der Waals surface area contributed by atoms with Crippen molar-refractivity contribution in [1.29, 1.82) is 0 Å². The maximum atomic E-state index is 11.9. The summed E-state index contributed by atoms with van der Waals surface area (Å²) in [6.07, 6.45) is 2.60. The summed E-state index contributed by atoms with van der Waals surface area (Å²) in [6, 6.07) is -0.00376. The van der Waals surface area contributed by atoms with Crippen LogP contribution in [0.1, 0.15) is 40.0 Å². The molecule has 0 radical (unpaired) electrons. The average Bonchev–Trinajstić information content (AvgIpc) is 2.68. The summed E-state index contributed by atoms with van der Waals surface area (Å²) in [6.45, 7) is 7.28. The third kappa shape index (κ3) is 3.76. The van der Waals surface area contributed by atoms with E-state index in [-0.39, 0.29) is 30.0 Å². The molecule has 1 aliphatic heterocycles. The molecule has 1 saturated heterocycles. The maximum absolute atomic E-state index is 11.9. The lowest BCUT2D eigenvalue weighted by molar-refractivity contribution is -0.124. The van der Waals surface area contributed by atoms with E-state index >= 15 is 0 Å². The Morgan fingerprint density at radius 1 is 1.56 bits per heavy atom. The van der Waals surface area contributed by atoms with E-state index in [0.29, 0.717) is 6.42 Å². The molecular weight excluding hydrogens is 204 g/mol. The monoisotopic (exact) mass is 228 g/mol. The fourth-order valence-corrected chi connectivity index (χ4v) is 2.03. The summed E-state index contributed by atoms with van der Waals surface area (Å²) < 4.78 is 0. The van der Waals surface area contributed by atoms with Crippen LogP contribution >= 0.6 is 0 Å². The van der Waals surface area contributed by atoms with Crippen LogP contribution < -0.4 is 10.6 Å². The van der Waals surface area contributed by atoms with Crippen molar-refractivity contribution in [3.8, 4) is 0 Å². The van der Waals surface area contributed by atoms with Crippen molar-refractivity contribution in [1.82, 2.24) is 10.6 Å². The summed E-state index contributed by atoms with van der Waals surface area (Å²) >= 11 is 0. The Morgan fingerprint density at radius 2 is 2.25 bits per heavy atom. The second-order valence-corrected chi connectivity index (χ2v) is 5.59. The highest BCUT2D eigenvalue weighted by Gasteiger charge is 2.29. The molecule has 0 aromatic rings. The molecule has 4 heteroatoms. The highest BCUT2D eigenvalue weighted by Crippen LogP contribution is 2.22. The smallest absolute Gasteiger partial charge is 0.237 e. The molecule has 0 spiro atoms. The van der Waals surface area contributed by atoms with Gasteiger partial charge in [0.25, 0.3) is 0 Å². The van der Waals surface area contributed by atoms with E-state index in [9.17, 15) is 4.79 Å². The molecule has 0 saturated carbocycles. The molecule has 4 nitrogen and oxygen atoms in total. The fourth-order valence-electron chi connectivity index (χ4n) is 2.03. The minimum Gasteiger partial charge on any atom is -0.396 e. The molecule has 2 unspecified atom stereocenters. The van der Waals surface area contributed by atoms with Crippen LogP contribution in [0, 0.1) is 5.41 Å². The van der Waals surface area contributed by atoms with Crippen LogP contribution in [0.15, 0.2) is 0 Å². The summed E-state index contributed by atoms with van der Waals surface area (Å²) in [5.41, 5.74) is -0.0169. The number of aliphatic hydroxyl groups is 1. The van der Waals surface area contributed by atoms with Crippen molar-refractivity contribution in [3.05, 3.63) is 0 Å². The Hall–Kier alpha value is -0.610. The van der Waals surface area contributed by atoms with Gasteiger partial charge in [-0.15, -0.1) is 0 Å². The van der Waals surface area contributed by atoms with Gasteiger partial charge in [-0.3, -0.25) is 4.79 Å². The number of amides is 1. The molecule has 0 aromatic carbocycles. The van der Waals surface area contributed by atoms with Crippen molar-refractivity contribution in [2.24, 2.45) is 5.41 Å². The number of carbonyl (C=O) groups excluding carboxylic acids is 1. The zero-order valence-corrected chi connectivity index (χ0v) is 10.5. The van der Waals surface area contributed by atoms with Crippen LogP contribution in [0.2, 0.25) is 0 Å². The van der Waals surface area contributed by atoms with Crippen LogP contribution in [-0.2, 0) is 4.79 Å². The van der Waals surface area contributed by atoms with E-state index in [0.717, 1.165) is 19.4 Å². The second kappa shape index (κ2) is 5.64. The molecule has 94 valence electrons. The predicted molar refractivity (Wildman–Crippen MR) is 64.1 cm³/mol. The highest BCUT2D eigenvalue weighted by atomic mass is 16.3. The van der Waals surface area contributed by atoms with Gasteiger partial charge >= 0.3 is 0 Å². The Bertz CT molecular complexity index is 230. The molecular formula is C12H24N2O2. The van der Waals surface area contributed by atoms with Gasteiger partial charge in [-0.1, -0.05) is 20.8 Å². The first-order chi connectivity index (χ1) is 7.45.